The predicted octanol–water partition coefficient (Wildman–Crippen LogP) is 2.82. The van der Waals surface area contributed by atoms with Gasteiger partial charge in [0, 0.05) is 18.6 Å². The number of hydrogen-bond acceptors (Lipinski definition) is 3. The average molecular weight is 235 g/mol. The highest BCUT2D eigenvalue weighted by Crippen LogP contribution is 2.36. The monoisotopic (exact) mass is 235 g/mol. The summed E-state index contributed by atoms with van der Waals surface area (Å²) in [6.07, 6.45) is 0. The number of fused-ring (bicyclic) bond motifs is 1. The van der Waals surface area contributed by atoms with E-state index in [0.717, 1.165) is 24.6 Å². The van der Waals surface area contributed by atoms with E-state index in [4.69, 9.17) is 9.47 Å². The molecule has 0 spiro atoms. The lowest BCUT2D eigenvalue weighted by Crippen LogP contribution is -2.36. The first-order valence-corrected chi connectivity index (χ1v) is 5.94. The van der Waals surface area contributed by atoms with Gasteiger partial charge in [0.15, 0.2) is 11.5 Å². The first kappa shape index (κ1) is 12.2. The lowest BCUT2D eigenvalue weighted by Gasteiger charge is -2.31. The van der Waals surface area contributed by atoms with Crippen LogP contribution in [0.2, 0.25) is 0 Å². The molecule has 0 saturated heterocycles. The lowest BCUT2D eigenvalue weighted by atomic mass is 10.1. The minimum atomic E-state index is 0.194. The topological polar surface area (TPSA) is 21.7 Å². The largest absolute Gasteiger partial charge is 0.493 e. The average Bonchev–Trinajstić information content (AvgIpc) is 2.69. The molecule has 0 fully saturated rings. The Labute approximate surface area is 103 Å². The van der Waals surface area contributed by atoms with Crippen LogP contribution < -0.4 is 9.47 Å². The van der Waals surface area contributed by atoms with E-state index in [1.165, 1.54) is 11.1 Å². The van der Waals surface area contributed by atoms with Gasteiger partial charge in [-0.3, -0.25) is 4.90 Å². The minimum Gasteiger partial charge on any atom is -0.493 e. The van der Waals surface area contributed by atoms with Crippen molar-refractivity contribution in [2.75, 3.05) is 14.2 Å². The Kier molecular flexibility index (Phi) is 3.04. The molecule has 0 amide bonds. The van der Waals surface area contributed by atoms with Gasteiger partial charge in [0.2, 0.25) is 0 Å². The number of nitrogens with zero attached hydrogens (tertiary/aromatic N) is 1. The molecule has 3 heteroatoms. The SMILES string of the molecule is COc1cc2c(cc1OC)CN(C(C)(C)C)C2. The molecule has 94 valence electrons. The summed E-state index contributed by atoms with van der Waals surface area (Å²) in [6, 6.07) is 4.19. The summed E-state index contributed by atoms with van der Waals surface area (Å²) in [5, 5.41) is 0. The van der Waals surface area contributed by atoms with E-state index in [2.05, 4.69) is 37.8 Å². The highest BCUT2D eigenvalue weighted by atomic mass is 16.5. The maximum Gasteiger partial charge on any atom is 0.161 e. The maximum atomic E-state index is 5.34. The second kappa shape index (κ2) is 4.22. The molecular formula is C14H21NO2. The number of ether oxygens (including phenoxy) is 2. The summed E-state index contributed by atoms with van der Waals surface area (Å²) in [7, 11) is 3.36. The van der Waals surface area contributed by atoms with E-state index in [9.17, 15) is 0 Å². The summed E-state index contributed by atoms with van der Waals surface area (Å²) in [5.41, 5.74) is 2.88. The summed E-state index contributed by atoms with van der Waals surface area (Å²) in [6.45, 7) is 8.70. The minimum absolute atomic E-state index is 0.194. The molecule has 1 aliphatic rings. The fourth-order valence-electron chi connectivity index (χ4n) is 2.20. The van der Waals surface area contributed by atoms with Crippen LogP contribution in [0.25, 0.3) is 0 Å². The number of rotatable bonds is 2. The van der Waals surface area contributed by atoms with E-state index in [0.29, 0.717) is 0 Å². The Balaban J connectivity index is 2.33. The zero-order valence-electron chi connectivity index (χ0n) is 11.3. The van der Waals surface area contributed by atoms with Crippen LogP contribution in [0.3, 0.4) is 0 Å². The van der Waals surface area contributed by atoms with Crippen molar-refractivity contribution < 1.29 is 9.47 Å². The van der Waals surface area contributed by atoms with Crippen LogP contribution >= 0.6 is 0 Å². The molecular weight excluding hydrogens is 214 g/mol. The molecule has 0 aliphatic carbocycles. The Bertz CT molecular complexity index is 388. The molecule has 1 aliphatic heterocycles. The molecule has 0 N–H and O–H groups in total. The fraction of sp³-hybridized carbons (Fsp3) is 0.571. The first-order valence-electron chi connectivity index (χ1n) is 5.94. The second-order valence-corrected chi connectivity index (χ2v) is 5.50. The zero-order chi connectivity index (χ0) is 12.6. The molecule has 1 aromatic rings. The Morgan fingerprint density at radius 2 is 1.35 bits per heavy atom. The summed E-state index contributed by atoms with van der Waals surface area (Å²) >= 11 is 0. The third kappa shape index (κ3) is 2.25. The molecule has 0 atom stereocenters. The molecule has 0 saturated carbocycles. The van der Waals surface area contributed by atoms with Crippen LogP contribution in [0.5, 0.6) is 11.5 Å². The number of hydrogen-bond donors (Lipinski definition) is 0. The normalized spacial score (nSPS) is 15.8. The molecule has 0 aromatic heterocycles. The second-order valence-electron chi connectivity index (χ2n) is 5.50. The van der Waals surface area contributed by atoms with Gasteiger partial charge in [-0.15, -0.1) is 0 Å². The van der Waals surface area contributed by atoms with Crippen LogP contribution in [0.15, 0.2) is 12.1 Å². The smallest absolute Gasteiger partial charge is 0.161 e. The van der Waals surface area contributed by atoms with Gasteiger partial charge >= 0.3 is 0 Å². The van der Waals surface area contributed by atoms with Gasteiger partial charge in [-0.2, -0.15) is 0 Å². The van der Waals surface area contributed by atoms with Crippen molar-refractivity contribution in [2.45, 2.75) is 39.4 Å². The van der Waals surface area contributed by atoms with Crippen molar-refractivity contribution in [3.8, 4) is 11.5 Å². The first-order chi connectivity index (χ1) is 7.95. The maximum absolute atomic E-state index is 5.34. The zero-order valence-corrected chi connectivity index (χ0v) is 11.3. The summed E-state index contributed by atoms with van der Waals surface area (Å²) in [5.74, 6) is 1.64. The van der Waals surface area contributed by atoms with Gasteiger partial charge in [0.25, 0.3) is 0 Å². The van der Waals surface area contributed by atoms with E-state index in [-0.39, 0.29) is 5.54 Å². The number of benzene rings is 1. The molecule has 17 heavy (non-hydrogen) atoms. The van der Waals surface area contributed by atoms with E-state index in [1.54, 1.807) is 14.2 Å². The molecule has 3 nitrogen and oxygen atoms in total. The van der Waals surface area contributed by atoms with E-state index >= 15 is 0 Å². The van der Waals surface area contributed by atoms with Crippen molar-refractivity contribution in [1.82, 2.24) is 4.90 Å². The van der Waals surface area contributed by atoms with Crippen LogP contribution in [-0.4, -0.2) is 24.7 Å². The van der Waals surface area contributed by atoms with Gasteiger partial charge in [0.1, 0.15) is 0 Å². The quantitative estimate of drug-likeness (QED) is 0.786. The van der Waals surface area contributed by atoms with Gasteiger partial charge in [-0.25, -0.2) is 0 Å². The van der Waals surface area contributed by atoms with Crippen LogP contribution in [0.1, 0.15) is 31.9 Å². The standard InChI is InChI=1S/C14H21NO2/c1-14(2,3)15-8-10-6-12(16-4)13(17-5)7-11(10)9-15/h6-7H,8-9H2,1-5H3. The molecule has 1 heterocycles. The van der Waals surface area contributed by atoms with Gasteiger partial charge < -0.3 is 9.47 Å². The fourth-order valence-corrected chi connectivity index (χ4v) is 2.20. The molecule has 2 rings (SSSR count). The van der Waals surface area contributed by atoms with E-state index in [1.807, 2.05) is 0 Å². The third-order valence-electron chi connectivity index (χ3n) is 3.38. The molecule has 0 unspecified atom stereocenters. The van der Waals surface area contributed by atoms with Gasteiger partial charge in [-0.05, 0) is 44.0 Å². The Morgan fingerprint density at radius 3 is 1.65 bits per heavy atom. The van der Waals surface area contributed by atoms with Crippen LogP contribution in [0, 0.1) is 0 Å². The highest BCUT2D eigenvalue weighted by molar-refractivity contribution is 5.48. The van der Waals surface area contributed by atoms with Crippen LogP contribution in [-0.2, 0) is 13.1 Å². The van der Waals surface area contributed by atoms with Crippen molar-refractivity contribution in [3.63, 3.8) is 0 Å². The predicted molar refractivity (Wildman–Crippen MR) is 68.5 cm³/mol. The summed E-state index contributed by atoms with van der Waals surface area (Å²) in [4.78, 5) is 2.45. The highest BCUT2D eigenvalue weighted by Gasteiger charge is 2.29. The molecule has 0 radical (unpaired) electrons. The van der Waals surface area contributed by atoms with Crippen molar-refractivity contribution in [2.24, 2.45) is 0 Å². The van der Waals surface area contributed by atoms with Crippen molar-refractivity contribution in [3.05, 3.63) is 23.3 Å². The van der Waals surface area contributed by atoms with Crippen molar-refractivity contribution in [1.29, 1.82) is 0 Å². The molecule has 0 bridgehead atoms. The van der Waals surface area contributed by atoms with E-state index < -0.39 is 0 Å². The third-order valence-corrected chi connectivity index (χ3v) is 3.38. The lowest BCUT2D eigenvalue weighted by molar-refractivity contribution is 0.136. The molecule has 1 aromatic carbocycles. The van der Waals surface area contributed by atoms with Crippen molar-refractivity contribution >= 4 is 0 Å². The summed E-state index contributed by atoms with van der Waals surface area (Å²) < 4.78 is 10.7. The van der Waals surface area contributed by atoms with Crippen LogP contribution in [0.4, 0.5) is 0 Å². The van der Waals surface area contributed by atoms with Gasteiger partial charge in [0.05, 0.1) is 14.2 Å². The Hall–Kier alpha value is -1.22. The van der Waals surface area contributed by atoms with Gasteiger partial charge in [-0.1, -0.05) is 0 Å². The number of methoxy groups -OCH3 is 2. The Morgan fingerprint density at radius 1 is 0.941 bits per heavy atom.